The number of benzene rings is 10. The number of imidazole rings is 2. The van der Waals surface area contributed by atoms with E-state index >= 15 is 0 Å². The molecular formula is C76H63N5O2Pt. The third-order valence-electron chi connectivity index (χ3n) is 16.5. The number of furan rings is 1. The summed E-state index contributed by atoms with van der Waals surface area (Å²) in [6.07, 6.45) is 0. The van der Waals surface area contributed by atoms with Gasteiger partial charge in [0.1, 0.15) is 5.58 Å². The van der Waals surface area contributed by atoms with Crippen molar-refractivity contribution in [1.29, 1.82) is 0 Å². The molecule has 4 aromatic heterocycles. The fourth-order valence-electron chi connectivity index (χ4n) is 12.4. The molecule has 0 saturated heterocycles. The van der Waals surface area contributed by atoms with Gasteiger partial charge in [-0.3, -0.25) is 15.0 Å². The van der Waals surface area contributed by atoms with Gasteiger partial charge in [0, 0.05) is 44.7 Å². The van der Waals surface area contributed by atoms with E-state index in [-0.39, 0.29) is 44.7 Å². The second kappa shape index (κ2) is 21.7. The van der Waals surface area contributed by atoms with Crippen LogP contribution >= 0.6 is 0 Å². The van der Waals surface area contributed by atoms with Crippen LogP contribution in [0.3, 0.4) is 0 Å². The van der Waals surface area contributed by atoms with Crippen molar-refractivity contribution >= 4 is 65.7 Å². The van der Waals surface area contributed by atoms with Crippen LogP contribution in [0.4, 0.5) is 0 Å². The summed E-state index contributed by atoms with van der Waals surface area (Å²) in [5.74, 6) is 3.27. The molecule has 0 spiro atoms. The number of ether oxygens (including phenoxy) is 1. The van der Waals surface area contributed by atoms with Crippen molar-refractivity contribution in [2.75, 3.05) is 0 Å². The smallest absolute Gasteiger partial charge is 0.500 e. The molecule has 0 atom stereocenters. The van der Waals surface area contributed by atoms with E-state index in [0.717, 1.165) is 88.6 Å². The molecule has 414 valence electrons. The molecule has 0 amide bonds. The average molecular weight is 1270 g/mol. The van der Waals surface area contributed by atoms with E-state index in [0.29, 0.717) is 28.5 Å². The van der Waals surface area contributed by atoms with Crippen LogP contribution in [-0.2, 0) is 21.1 Å². The van der Waals surface area contributed by atoms with Gasteiger partial charge in [-0.05, 0) is 141 Å². The maximum absolute atomic E-state index is 7.37. The number of hydrogen-bond donors (Lipinski definition) is 0. The Labute approximate surface area is 504 Å². The zero-order valence-electron chi connectivity index (χ0n) is 48.7. The number of fused-ring (bicyclic) bond motifs is 9. The van der Waals surface area contributed by atoms with Crippen molar-refractivity contribution in [1.82, 2.24) is 24.1 Å². The normalized spacial score (nSPS) is 12.0. The zero-order chi connectivity index (χ0) is 56.8. The maximum Gasteiger partial charge on any atom is 2.00 e. The van der Waals surface area contributed by atoms with Gasteiger partial charge in [-0.2, -0.15) is 0 Å². The largest absolute Gasteiger partial charge is 2.00 e. The van der Waals surface area contributed by atoms with E-state index in [1.165, 1.54) is 44.5 Å². The summed E-state index contributed by atoms with van der Waals surface area (Å²) < 4.78 is 19.3. The number of aromatic nitrogens is 5. The van der Waals surface area contributed by atoms with Gasteiger partial charge >= 0.3 is 21.1 Å². The molecule has 14 aromatic rings. The predicted octanol–water partition coefficient (Wildman–Crippen LogP) is 20.8. The van der Waals surface area contributed by atoms with E-state index in [4.69, 9.17) is 24.1 Å². The molecule has 84 heavy (non-hydrogen) atoms. The van der Waals surface area contributed by atoms with Crippen LogP contribution in [0.25, 0.3) is 122 Å². The number of rotatable bonds is 12. The third kappa shape index (κ3) is 9.30. The van der Waals surface area contributed by atoms with Crippen LogP contribution in [0.1, 0.15) is 107 Å². The summed E-state index contributed by atoms with van der Waals surface area (Å²) >= 11 is 0. The molecule has 8 heteroatoms. The van der Waals surface area contributed by atoms with E-state index in [2.05, 4.69) is 259 Å². The van der Waals surface area contributed by atoms with E-state index in [1.807, 2.05) is 19.1 Å². The van der Waals surface area contributed by atoms with Crippen LogP contribution in [-0.4, -0.2) is 24.1 Å². The summed E-state index contributed by atoms with van der Waals surface area (Å²) in [5.41, 5.74) is 20.6. The monoisotopic (exact) mass is 1270 g/mol. The Balaban J connectivity index is 0.00000658. The molecule has 0 unspecified atom stereocenters. The van der Waals surface area contributed by atoms with Gasteiger partial charge in [0.2, 0.25) is 0 Å². The molecule has 0 saturated carbocycles. The van der Waals surface area contributed by atoms with Crippen molar-refractivity contribution in [3.63, 3.8) is 0 Å². The molecule has 0 fully saturated rings. The van der Waals surface area contributed by atoms with Gasteiger partial charge in [0.05, 0.1) is 44.8 Å². The first-order valence-electron chi connectivity index (χ1n) is 29.1. The molecular weight excluding hydrogens is 1210 g/mol. The second-order valence-electron chi connectivity index (χ2n) is 23.4. The van der Waals surface area contributed by atoms with Gasteiger partial charge < -0.3 is 18.3 Å². The summed E-state index contributed by atoms with van der Waals surface area (Å²) in [5, 5.41) is 4.93. The maximum atomic E-state index is 7.37. The van der Waals surface area contributed by atoms with Crippen molar-refractivity contribution in [2.45, 2.75) is 86.0 Å². The predicted molar refractivity (Wildman–Crippen MR) is 343 cm³/mol. The summed E-state index contributed by atoms with van der Waals surface area (Å²) in [6, 6.07) is 76.3. The molecule has 4 heterocycles. The van der Waals surface area contributed by atoms with Gasteiger partial charge in [0.15, 0.2) is 0 Å². The average Bonchev–Trinajstić information content (AvgIpc) is 2.36. The van der Waals surface area contributed by atoms with Crippen LogP contribution in [0, 0.1) is 19.1 Å². The van der Waals surface area contributed by atoms with Crippen LogP contribution in [0.5, 0.6) is 11.5 Å². The van der Waals surface area contributed by atoms with Crippen LogP contribution in [0.2, 0.25) is 0 Å². The van der Waals surface area contributed by atoms with Crippen LogP contribution in [0.15, 0.2) is 199 Å². The molecule has 14 rings (SSSR count). The molecule has 7 nitrogen and oxygen atoms in total. The zero-order valence-corrected chi connectivity index (χ0v) is 50.9. The summed E-state index contributed by atoms with van der Waals surface area (Å²) in [6.45, 7) is 20.3. The van der Waals surface area contributed by atoms with E-state index in [1.54, 1.807) is 0 Å². The Kier molecular flexibility index (Phi) is 14.0. The van der Waals surface area contributed by atoms with E-state index < -0.39 is 0 Å². The number of hydrogen-bond acceptors (Lipinski definition) is 5. The fraction of sp³-hybridized carbons (Fsp3) is 0.171. The number of para-hydroxylation sites is 4. The topological polar surface area (TPSA) is 70.9 Å². The Morgan fingerprint density at radius 1 is 0.417 bits per heavy atom. The molecule has 0 aliphatic heterocycles. The van der Waals surface area contributed by atoms with E-state index in [9.17, 15) is 0 Å². The number of aryl methyl sites for hydroxylation is 1. The summed E-state index contributed by atoms with van der Waals surface area (Å²) in [4.78, 5) is 16.0. The molecule has 0 aliphatic rings. The van der Waals surface area contributed by atoms with Gasteiger partial charge in [-0.1, -0.05) is 194 Å². The van der Waals surface area contributed by atoms with Gasteiger partial charge in [0.25, 0.3) is 0 Å². The number of nitrogens with zero attached hydrogens (tertiary/aromatic N) is 5. The van der Waals surface area contributed by atoms with Gasteiger partial charge in [-0.15, -0.1) is 23.8 Å². The Morgan fingerprint density at radius 3 is 1.50 bits per heavy atom. The first-order chi connectivity index (χ1) is 40.4. The molecule has 0 aliphatic carbocycles. The van der Waals surface area contributed by atoms with Crippen LogP contribution < -0.4 is 4.74 Å². The van der Waals surface area contributed by atoms with Gasteiger partial charge in [-0.25, -0.2) is 0 Å². The number of pyridine rings is 1. The first kappa shape index (κ1) is 54.4. The fourth-order valence-corrected chi connectivity index (χ4v) is 12.4. The van der Waals surface area contributed by atoms with Crippen molar-refractivity contribution < 1.29 is 30.2 Å². The third-order valence-corrected chi connectivity index (χ3v) is 16.5. The van der Waals surface area contributed by atoms with Crippen molar-refractivity contribution in [3.05, 3.63) is 234 Å². The quantitative estimate of drug-likeness (QED) is 0.0900. The Morgan fingerprint density at radius 2 is 0.929 bits per heavy atom. The standard InChI is InChI=1S/C76H63N5O2.Pt/c1-44(2)59-38-53(49-21-12-10-13-22-49)39-60(45(3)4)71(59)80-68-29-18-16-27-66(68)78-75(80)52-25-20-26-55(37-52)82-56-42-63-57-35-32-51-33-36-65-58(34-31-48(9)77-65)70(51)74(57)83-73(63)64(43-56)76-79-67-28-17-19-30-69(67)81(76)72-61(46(5)6)40-54(41-62(72)47(7)8)50-23-14-11-15-24-50;/h10-36,38-42,44-47H,1-9H3;/q-2;+2. The Bertz CT molecular complexity index is 4800. The Hall–Kier alpha value is -8.90. The minimum absolute atomic E-state index is 0. The molecule has 0 bridgehead atoms. The minimum Gasteiger partial charge on any atom is -0.500 e. The molecule has 0 N–H and O–H groups in total. The van der Waals surface area contributed by atoms with Crippen molar-refractivity contribution in [2.24, 2.45) is 0 Å². The second-order valence-corrected chi connectivity index (χ2v) is 23.4. The molecule has 10 aromatic carbocycles. The first-order valence-corrected chi connectivity index (χ1v) is 29.1. The SMILES string of the molecule is Cc1ccc2c(ccc3ccc4c5cc(Oc6[c-]c(-c7nc8ccccc8n7-c7c(C(C)C)cc(-c8ccccc8)cc7C(C)C)ccc6)[c-]c(-c6nc7ccccc7n6-c6c(C(C)C)cc(-c7ccccc7)cc6C(C)C)c5oc4c32)n1.[Pt+2]. The molecule has 0 radical (unpaired) electrons. The summed E-state index contributed by atoms with van der Waals surface area (Å²) in [7, 11) is 0. The minimum atomic E-state index is 0. The van der Waals surface area contributed by atoms with Crippen molar-refractivity contribution in [3.8, 4) is 67.9 Å².